The van der Waals surface area contributed by atoms with Crippen molar-refractivity contribution in [2.45, 2.75) is 38.0 Å². The van der Waals surface area contributed by atoms with Gasteiger partial charge in [-0.15, -0.1) is 11.3 Å². The number of aryl methyl sites for hydroxylation is 1. The van der Waals surface area contributed by atoms with Gasteiger partial charge in [-0.25, -0.2) is 4.98 Å². The molecule has 0 saturated heterocycles. The van der Waals surface area contributed by atoms with Gasteiger partial charge in [0.25, 0.3) is 5.91 Å². The Bertz CT molecular complexity index is 1240. The largest absolute Gasteiger partial charge is 0.350 e. The summed E-state index contributed by atoms with van der Waals surface area (Å²) in [6, 6.07) is 18.6. The molecule has 30 heavy (non-hydrogen) atoms. The second-order valence-electron chi connectivity index (χ2n) is 8.31. The van der Waals surface area contributed by atoms with Crippen molar-refractivity contribution in [1.82, 2.24) is 10.3 Å². The molecule has 0 bridgehead atoms. The van der Waals surface area contributed by atoms with E-state index >= 15 is 0 Å². The maximum Gasteiger partial charge on any atom is 0.261 e. The fourth-order valence-corrected chi connectivity index (χ4v) is 6.10. The number of benzene rings is 2. The number of thiophene rings is 1. The molecule has 152 valence electrons. The van der Waals surface area contributed by atoms with Crippen LogP contribution in [0.4, 0.5) is 0 Å². The lowest BCUT2D eigenvalue weighted by Crippen LogP contribution is -2.38. The first-order chi connectivity index (χ1) is 14.6. The van der Waals surface area contributed by atoms with Gasteiger partial charge in [0.1, 0.15) is 5.15 Å². The minimum atomic E-state index is -0.0322. The summed E-state index contributed by atoms with van der Waals surface area (Å²) in [5.74, 6) is -0.0322. The lowest BCUT2D eigenvalue weighted by atomic mass is 9.79. The number of carbonyl (C=O) groups is 1. The average Bonchev–Trinajstić information content (AvgIpc) is 3.42. The Kier molecular flexibility index (Phi) is 5.00. The highest BCUT2D eigenvalue weighted by Crippen LogP contribution is 2.41. The SMILES string of the molecule is Cc1ccc2nc(Cl)c3cc(C(=O)NCC4(c5ccccc5)CCCC4)sc3c2c1. The molecule has 2 heterocycles. The van der Waals surface area contributed by atoms with Crippen molar-refractivity contribution in [3.63, 3.8) is 0 Å². The van der Waals surface area contributed by atoms with Crippen LogP contribution >= 0.6 is 22.9 Å². The van der Waals surface area contributed by atoms with Crippen LogP contribution in [0.15, 0.2) is 54.6 Å². The van der Waals surface area contributed by atoms with Crippen molar-refractivity contribution in [3.8, 4) is 0 Å². The Morgan fingerprint density at radius 2 is 1.87 bits per heavy atom. The van der Waals surface area contributed by atoms with E-state index in [-0.39, 0.29) is 11.3 Å². The highest BCUT2D eigenvalue weighted by atomic mass is 35.5. The maximum atomic E-state index is 13.1. The van der Waals surface area contributed by atoms with Crippen molar-refractivity contribution < 1.29 is 4.79 Å². The number of nitrogens with zero attached hydrogens (tertiary/aromatic N) is 1. The molecule has 2 aromatic carbocycles. The standard InChI is InChI=1S/C25H23ClN2OS/c1-16-9-10-20-18(13-16)22-19(23(26)28-20)14-21(30-22)24(29)27-15-25(11-5-6-12-25)17-7-3-2-4-8-17/h2-4,7-10,13-14H,5-6,11-12,15H2,1H3,(H,27,29). The van der Waals surface area contributed by atoms with Gasteiger partial charge in [0, 0.05) is 27.4 Å². The fraction of sp³-hybridized carbons (Fsp3) is 0.280. The molecule has 0 unspecified atom stereocenters. The van der Waals surface area contributed by atoms with Gasteiger partial charge >= 0.3 is 0 Å². The molecule has 5 rings (SSSR count). The zero-order chi connectivity index (χ0) is 20.7. The number of pyridine rings is 1. The van der Waals surface area contributed by atoms with Crippen LogP contribution in [0.1, 0.15) is 46.5 Å². The summed E-state index contributed by atoms with van der Waals surface area (Å²) in [5, 5.41) is 5.58. The molecule has 1 N–H and O–H groups in total. The van der Waals surface area contributed by atoms with Crippen LogP contribution in [0.3, 0.4) is 0 Å². The van der Waals surface area contributed by atoms with E-state index in [9.17, 15) is 4.79 Å². The average molecular weight is 435 g/mol. The van der Waals surface area contributed by atoms with E-state index in [4.69, 9.17) is 11.6 Å². The molecule has 0 radical (unpaired) electrons. The lowest BCUT2D eigenvalue weighted by Gasteiger charge is -2.30. The van der Waals surface area contributed by atoms with Crippen LogP contribution in [-0.2, 0) is 5.41 Å². The topological polar surface area (TPSA) is 42.0 Å². The van der Waals surface area contributed by atoms with Crippen LogP contribution < -0.4 is 5.32 Å². The molecule has 0 atom stereocenters. The van der Waals surface area contributed by atoms with Gasteiger partial charge in [-0.05, 0) is 43.5 Å². The molecule has 0 aliphatic heterocycles. The molecule has 3 nitrogen and oxygen atoms in total. The number of rotatable bonds is 4. The van der Waals surface area contributed by atoms with Crippen LogP contribution in [0.2, 0.25) is 5.15 Å². The third kappa shape index (κ3) is 3.38. The number of aromatic nitrogens is 1. The molecule has 1 aliphatic carbocycles. The third-order valence-electron chi connectivity index (χ3n) is 6.33. The minimum Gasteiger partial charge on any atom is -0.350 e. The van der Waals surface area contributed by atoms with Crippen LogP contribution in [0.5, 0.6) is 0 Å². The molecule has 1 aliphatic rings. The van der Waals surface area contributed by atoms with E-state index in [2.05, 4.69) is 47.6 Å². The Hall–Kier alpha value is -2.43. The molecule has 2 aromatic heterocycles. The number of nitrogens with one attached hydrogen (secondary N) is 1. The molecule has 1 fully saturated rings. The number of amides is 1. The summed E-state index contributed by atoms with van der Waals surface area (Å²) in [6.45, 7) is 2.72. The van der Waals surface area contributed by atoms with Crippen molar-refractivity contribution >= 4 is 49.8 Å². The second-order valence-corrected chi connectivity index (χ2v) is 9.72. The van der Waals surface area contributed by atoms with Crippen molar-refractivity contribution in [2.24, 2.45) is 0 Å². The third-order valence-corrected chi connectivity index (χ3v) is 7.78. The van der Waals surface area contributed by atoms with Crippen LogP contribution in [0, 0.1) is 6.92 Å². The van der Waals surface area contributed by atoms with E-state index in [1.165, 1.54) is 35.3 Å². The summed E-state index contributed by atoms with van der Waals surface area (Å²) in [6.07, 6.45) is 4.65. The molecule has 0 spiro atoms. The van der Waals surface area contributed by atoms with E-state index in [0.29, 0.717) is 16.6 Å². The molecular formula is C25H23ClN2OS. The molecule has 1 saturated carbocycles. The molecule has 1 amide bonds. The minimum absolute atomic E-state index is 0.0322. The fourth-order valence-electron chi connectivity index (χ4n) is 4.70. The summed E-state index contributed by atoms with van der Waals surface area (Å²) in [7, 11) is 0. The molecule has 4 aromatic rings. The first-order valence-corrected chi connectivity index (χ1v) is 11.6. The number of hydrogen-bond donors (Lipinski definition) is 1. The molecule has 5 heteroatoms. The van der Waals surface area contributed by atoms with Crippen LogP contribution in [-0.4, -0.2) is 17.4 Å². The predicted molar refractivity (Wildman–Crippen MR) is 126 cm³/mol. The monoisotopic (exact) mass is 434 g/mol. The zero-order valence-corrected chi connectivity index (χ0v) is 18.4. The summed E-state index contributed by atoms with van der Waals surface area (Å²) in [5.41, 5.74) is 3.39. The van der Waals surface area contributed by atoms with Gasteiger partial charge < -0.3 is 5.32 Å². The molecular weight excluding hydrogens is 412 g/mol. The van der Waals surface area contributed by atoms with E-state index < -0.39 is 0 Å². The Morgan fingerprint density at radius 1 is 1.10 bits per heavy atom. The highest BCUT2D eigenvalue weighted by molar-refractivity contribution is 7.21. The van der Waals surface area contributed by atoms with Crippen molar-refractivity contribution in [2.75, 3.05) is 6.54 Å². The second kappa shape index (κ2) is 7.68. The van der Waals surface area contributed by atoms with Gasteiger partial charge in [0.2, 0.25) is 0 Å². The van der Waals surface area contributed by atoms with Gasteiger partial charge in [0.05, 0.1) is 10.4 Å². The van der Waals surface area contributed by atoms with E-state index in [1.54, 1.807) is 0 Å². The number of fused-ring (bicyclic) bond motifs is 3. The van der Waals surface area contributed by atoms with Crippen LogP contribution in [0.25, 0.3) is 21.0 Å². The Morgan fingerprint density at radius 3 is 2.63 bits per heavy atom. The smallest absolute Gasteiger partial charge is 0.261 e. The zero-order valence-electron chi connectivity index (χ0n) is 16.9. The normalized spacial score (nSPS) is 15.7. The predicted octanol–water partition coefficient (Wildman–Crippen LogP) is 6.65. The van der Waals surface area contributed by atoms with Crippen molar-refractivity contribution in [3.05, 3.63) is 75.8 Å². The van der Waals surface area contributed by atoms with Crippen molar-refractivity contribution in [1.29, 1.82) is 0 Å². The first-order valence-electron chi connectivity index (χ1n) is 10.4. The quantitative estimate of drug-likeness (QED) is 0.365. The highest BCUT2D eigenvalue weighted by Gasteiger charge is 2.36. The van der Waals surface area contributed by atoms with Gasteiger partial charge in [-0.1, -0.05) is 66.4 Å². The number of hydrogen-bond acceptors (Lipinski definition) is 3. The Labute approximate surface area is 185 Å². The summed E-state index contributed by atoms with van der Waals surface area (Å²) in [4.78, 5) is 18.3. The summed E-state index contributed by atoms with van der Waals surface area (Å²) >= 11 is 7.94. The van der Waals surface area contributed by atoms with Gasteiger partial charge in [-0.3, -0.25) is 4.79 Å². The number of carbonyl (C=O) groups excluding carboxylic acids is 1. The number of halogens is 1. The summed E-state index contributed by atoms with van der Waals surface area (Å²) < 4.78 is 1.03. The Balaban J connectivity index is 1.46. The van der Waals surface area contributed by atoms with Gasteiger partial charge in [-0.2, -0.15) is 0 Å². The van der Waals surface area contributed by atoms with E-state index in [0.717, 1.165) is 33.8 Å². The lowest BCUT2D eigenvalue weighted by molar-refractivity contribution is 0.0947. The first kappa shape index (κ1) is 19.5. The van der Waals surface area contributed by atoms with E-state index in [1.807, 2.05) is 24.3 Å². The maximum absolute atomic E-state index is 13.1. The van der Waals surface area contributed by atoms with Gasteiger partial charge in [0.15, 0.2) is 0 Å².